The molecule has 2 fully saturated rings. The average molecular weight is 286 g/mol. The first kappa shape index (κ1) is 14.4. The van der Waals surface area contributed by atoms with Gasteiger partial charge in [-0.25, -0.2) is 0 Å². The maximum absolute atomic E-state index is 12.4. The van der Waals surface area contributed by atoms with Gasteiger partial charge in [0.25, 0.3) is 5.91 Å². The van der Waals surface area contributed by atoms with E-state index in [9.17, 15) is 4.79 Å². The summed E-state index contributed by atoms with van der Waals surface area (Å²) >= 11 is 0. The van der Waals surface area contributed by atoms with Crippen molar-refractivity contribution < 1.29 is 4.79 Å². The van der Waals surface area contributed by atoms with Crippen LogP contribution >= 0.6 is 0 Å². The van der Waals surface area contributed by atoms with Crippen LogP contribution in [0, 0.1) is 24.7 Å². The van der Waals surface area contributed by atoms with Crippen LogP contribution in [-0.2, 0) is 0 Å². The van der Waals surface area contributed by atoms with Crippen molar-refractivity contribution in [2.75, 3.05) is 18.4 Å². The van der Waals surface area contributed by atoms with Crippen molar-refractivity contribution in [2.45, 2.75) is 39.5 Å². The van der Waals surface area contributed by atoms with Gasteiger partial charge in [-0.2, -0.15) is 0 Å². The summed E-state index contributed by atoms with van der Waals surface area (Å²) in [5.74, 6) is 2.61. The van der Waals surface area contributed by atoms with Gasteiger partial charge in [-0.3, -0.25) is 4.79 Å². The Bertz CT molecular complexity index is 526. The normalized spacial score (nSPS) is 26.9. The minimum atomic E-state index is 0.0818. The highest BCUT2D eigenvalue weighted by Crippen LogP contribution is 2.47. The lowest BCUT2D eigenvalue weighted by molar-refractivity contribution is 0.0941. The Morgan fingerprint density at radius 2 is 2.14 bits per heavy atom. The van der Waals surface area contributed by atoms with Crippen molar-refractivity contribution in [3.8, 4) is 0 Å². The van der Waals surface area contributed by atoms with Gasteiger partial charge in [0.05, 0.1) is 0 Å². The van der Waals surface area contributed by atoms with Gasteiger partial charge < -0.3 is 10.6 Å². The van der Waals surface area contributed by atoms with Gasteiger partial charge >= 0.3 is 0 Å². The molecule has 3 atom stereocenters. The zero-order valence-corrected chi connectivity index (χ0v) is 13.1. The molecule has 2 N–H and O–H groups in total. The number of rotatable bonds is 5. The maximum atomic E-state index is 12.4. The molecule has 2 aliphatic carbocycles. The Kier molecular flexibility index (Phi) is 4.18. The third-order valence-electron chi connectivity index (χ3n) is 5.26. The molecule has 0 heterocycles. The molecule has 3 rings (SSSR count). The van der Waals surface area contributed by atoms with Crippen molar-refractivity contribution >= 4 is 11.6 Å². The molecule has 3 unspecified atom stereocenters. The highest BCUT2D eigenvalue weighted by Gasteiger charge is 2.39. The van der Waals surface area contributed by atoms with E-state index in [-0.39, 0.29) is 5.91 Å². The van der Waals surface area contributed by atoms with Gasteiger partial charge in [0.1, 0.15) is 0 Å². The lowest BCUT2D eigenvalue weighted by Gasteiger charge is -2.22. The molecule has 0 saturated heterocycles. The molecule has 2 bridgehead atoms. The van der Waals surface area contributed by atoms with E-state index < -0.39 is 0 Å². The smallest absolute Gasteiger partial charge is 0.251 e. The molecular formula is C18H26N2O. The fraction of sp³-hybridized carbons (Fsp3) is 0.611. The molecular weight excluding hydrogens is 260 g/mol. The molecule has 3 nitrogen and oxygen atoms in total. The van der Waals surface area contributed by atoms with E-state index in [1.54, 1.807) is 0 Å². The predicted octanol–water partition coefficient (Wildman–Crippen LogP) is 3.59. The van der Waals surface area contributed by atoms with Gasteiger partial charge in [-0.05, 0) is 74.6 Å². The van der Waals surface area contributed by atoms with Crippen molar-refractivity contribution in [3.05, 3.63) is 29.3 Å². The molecule has 3 heteroatoms. The SMILES string of the molecule is CCNc1ccc(C(=O)NCC2CC3CCC2C3)c(C)c1. The average Bonchev–Trinajstić information content (AvgIpc) is 3.08. The second kappa shape index (κ2) is 6.08. The second-order valence-corrected chi connectivity index (χ2v) is 6.70. The van der Waals surface area contributed by atoms with E-state index in [1.165, 1.54) is 25.7 Å². The van der Waals surface area contributed by atoms with E-state index in [1.807, 2.05) is 19.1 Å². The Labute approximate surface area is 127 Å². The Balaban J connectivity index is 1.58. The molecule has 2 aliphatic rings. The summed E-state index contributed by atoms with van der Waals surface area (Å²) in [6, 6.07) is 5.97. The lowest BCUT2D eigenvalue weighted by Crippen LogP contribution is -2.32. The van der Waals surface area contributed by atoms with E-state index in [4.69, 9.17) is 0 Å². The lowest BCUT2D eigenvalue weighted by atomic mass is 9.89. The number of carbonyl (C=O) groups is 1. The Morgan fingerprint density at radius 1 is 1.29 bits per heavy atom. The Morgan fingerprint density at radius 3 is 2.76 bits per heavy atom. The number of benzene rings is 1. The van der Waals surface area contributed by atoms with Gasteiger partial charge in [0, 0.05) is 24.3 Å². The summed E-state index contributed by atoms with van der Waals surface area (Å²) in [7, 11) is 0. The van der Waals surface area contributed by atoms with Gasteiger partial charge in [0.15, 0.2) is 0 Å². The van der Waals surface area contributed by atoms with Gasteiger partial charge in [-0.1, -0.05) is 6.42 Å². The number of anilines is 1. The van der Waals surface area contributed by atoms with E-state index >= 15 is 0 Å². The number of aryl methyl sites for hydroxylation is 1. The minimum Gasteiger partial charge on any atom is -0.385 e. The number of nitrogens with one attached hydrogen (secondary N) is 2. The van der Waals surface area contributed by atoms with Crippen LogP contribution in [0.3, 0.4) is 0 Å². The molecule has 1 amide bonds. The van der Waals surface area contributed by atoms with Crippen LogP contribution in [0.5, 0.6) is 0 Å². The maximum Gasteiger partial charge on any atom is 0.251 e. The van der Waals surface area contributed by atoms with E-state index in [0.717, 1.165) is 41.7 Å². The van der Waals surface area contributed by atoms with Crippen LogP contribution in [0.4, 0.5) is 5.69 Å². The summed E-state index contributed by atoms with van der Waals surface area (Å²) in [6.07, 6.45) is 5.52. The van der Waals surface area contributed by atoms with Gasteiger partial charge in [0.2, 0.25) is 0 Å². The van der Waals surface area contributed by atoms with Crippen molar-refractivity contribution in [1.29, 1.82) is 0 Å². The summed E-state index contributed by atoms with van der Waals surface area (Å²) in [6.45, 7) is 5.84. The molecule has 21 heavy (non-hydrogen) atoms. The monoisotopic (exact) mass is 286 g/mol. The summed E-state index contributed by atoms with van der Waals surface area (Å²) in [5.41, 5.74) is 2.93. The number of carbonyl (C=O) groups excluding carboxylic acids is 1. The highest BCUT2D eigenvalue weighted by atomic mass is 16.1. The number of hydrogen-bond donors (Lipinski definition) is 2. The van der Waals surface area contributed by atoms with Crippen LogP contribution in [-0.4, -0.2) is 19.0 Å². The molecule has 0 radical (unpaired) electrons. The summed E-state index contributed by atoms with van der Waals surface area (Å²) in [5, 5.41) is 6.44. The third-order valence-corrected chi connectivity index (χ3v) is 5.26. The number of fused-ring (bicyclic) bond motifs is 2. The van der Waals surface area contributed by atoms with Gasteiger partial charge in [-0.15, -0.1) is 0 Å². The van der Waals surface area contributed by atoms with Crippen LogP contribution in [0.1, 0.15) is 48.5 Å². The minimum absolute atomic E-state index is 0.0818. The standard InChI is InChI=1S/C18H26N2O/c1-3-19-16-6-7-17(12(2)8-16)18(21)20-11-15-10-13-4-5-14(15)9-13/h6-8,13-15,19H,3-5,9-11H2,1-2H3,(H,20,21). The fourth-order valence-corrected chi connectivity index (χ4v) is 4.18. The van der Waals surface area contributed by atoms with Crippen LogP contribution in [0.15, 0.2) is 18.2 Å². The largest absolute Gasteiger partial charge is 0.385 e. The number of hydrogen-bond acceptors (Lipinski definition) is 2. The van der Waals surface area contributed by atoms with Crippen molar-refractivity contribution in [3.63, 3.8) is 0 Å². The van der Waals surface area contributed by atoms with Crippen LogP contribution in [0.25, 0.3) is 0 Å². The quantitative estimate of drug-likeness (QED) is 0.868. The molecule has 2 saturated carbocycles. The number of amides is 1. The third kappa shape index (κ3) is 3.07. The topological polar surface area (TPSA) is 41.1 Å². The molecule has 0 aromatic heterocycles. The molecule has 0 aliphatic heterocycles. The predicted molar refractivity (Wildman–Crippen MR) is 86.6 cm³/mol. The van der Waals surface area contributed by atoms with Crippen LogP contribution in [0.2, 0.25) is 0 Å². The van der Waals surface area contributed by atoms with E-state index in [0.29, 0.717) is 5.92 Å². The molecule has 1 aromatic carbocycles. The first-order chi connectivity index (χ1) is 10.2. The van der Waals surface area contributed by atoms with Crippen LogP contribution < -0.4 is 10.6 Å². The molecule has 1 aromatic rings. The second-order valence-electron chi connectivity index (χ2n) is 6.70. The van der Waals surface area contributed by atoms with E-state index in [2.05, 4.69) is 23.6 Å². The first-order valence-corrected chi connectivity index (χ1v) is 8.30. The zero-order chi connectivity index (χ0) is 14.8. The first-order valence-electron chi connectivity index (χ1n) is 8.30. The molecule has 114 valence electrons. The Hall–Kier alpha value is -1.51. The highest BCUT2D eigenvalue weighted by molar-refractivity contribution is 5.96. The fourth-order valence-electron chi connectivity index (χ4n) is 4.18. The van der Waals surface area contributed by atoms with Crippen molar-refractivity contribution in [2.24, 2.45) is 17.8 Å². The van der Waals surface area contributed by atoms with Crippen molar-refractivity contribution in [1.82, 2.24) is 5.32 Å². The summed E-state index contributed by atoms with van der Waals surface area (Å²) < 4.78 is 0. The summed E-state index contributed by atoms with van der Waals surface area (Å²) in [4.78, 5) is 12.4. The zero-order valence-electron chi connectivity index (χ0n) is 13.1. The molecule has 0 spiro atoms.